The number of benzene rings is 2. The van der Waals surface area contributed by atoms with Crippen molar-refractivity contribution in [2.24, 2.45) is 0 Å². The zero-order valence-corrected chi connectivity index (χ0v) is 15.2. The van der Waals surface area contributed by atoms with Crippen molar-refractivity contribution in [3.8, 4) is 0 Å². The van der Waals surface area contributed by atoms with E-state index >= 15 is 0 Å². The predicted molar refractivity (Wildman–Crippen MR) is 105 cm³/mol. The molecule has 3 rings (SSSR count). The van der Waals surface area contributed by atoms with Gasteiger partial charge in [0.15, 0.2) is 0 Å². The third kappa shape index (κ3) is 3.79. The van der Waals surface area contributed by atoms with Gasteiger partial charge in [-0.05, 0) is 37.6 Å². The van der Waals surface area contributed by atoms with Crippen LogP contribution in [0.25, 0.3) is 11.0 Å². The van der Waals surface area contributed by atoms with Gasteiger partial charge in [-0.25, -0.2) is 4.79 Å². The minimum absolute atomic E-state index is 0.0132. The van der Waals surface area contributed by atoms with Gasteiger partial charge in [0.1, 0.15) is 6.54 Å². The highest BCUT2D eigenvalue weighted by molar-refractivity contribution is 5.80. The Hall–Kier alpha value is -3.02. The topological polar surface area (TPSA) is 70.1 Å². The van der Waals surface area contributed by atoms with Gasteiger partial charge in [0.2, 0.25) is 5.91 Å². The number of carbonyl (C=O) groups excluding carboxylic acids is 1. The Kier molecular flexibility index (Phi) is 5.41. The first kappa shape index (κ1) is 17.8. The number of nitrogens with one attached hydrogen (secondary N) is 2. The largest absolute Gasteiger partial charge is 0.370 e. The summed E-state index contributed by atoms with van der Waals surface area (Å²) >= 11 is 0. The monoisotopic (exact) mass is 352 g/mol. The average molecular weight is 352 g/mol. The summed E-state index contributed by atoms with van der Waals surface area (Å²) in [6.07, 6.45) is 0. The van der Waals surface area contributed by atoms with Crippen LogP contribution in [0.5, 0.6) is 0 Å². The van der Waals surface area contributed by atoms with E-state index in [1.807, 2.05) is 36.4 Å². The highest BCUT2D eigenvalue weighted by Gasteiger charge is 2.11. The molecule has 136 valence electrons. The van der Waals surface area contributed by atoms with Crippen molar-refractivity contribution in [1.29, 1.82) is 0 Å². The molecule has 0 saturated carbocycles. The number of imidazole rings is 1. The SMILES string of the molecule is CCN(CCNC(=O)Cn1c(=O)[nH]c2ccccc21)c1ccccc1C. The smallest absolute Gasteiger partial charge is 0.326 e. The minimum atomic E-state index is -0.267. The van der Waals surface area contributed by atoms with Crippen molar-refractivity contribution in [3.63, 3.8) is 0 Å². The van der Waals surface area contributed by atoms with Crippen molar-refractivity contribution >= 4 is 22.6 Å². The fraction of sp³-hybridized carbons (Fsp3) is 0.300. The highest BCUT2D eigenvalue weighted by Crippen LogP contribution is 2.18. The molecule has 1 aromatic heterocycles. The molecule has 0 unspecified atom stereocenters. The number of likely N-dealkylation sites (N-methyl/N-ethyl adjacent to an activating group) is 1. The lowest BCUT2D eigenvalue weighted by atomic mass is 10.2. The molecule has 0 bridgehead atoms. The maximum atomic E-state index is 12.3. The quantitative estimate of drug-likeness (QED) is 0.685. The van der Waals surface area contributed by atoms with Crippen LogP contribution in [-0.2, 0) is 11.3 Å². The molecule has 3 aromatic rings. The molecular formula is C20H24N4O2. The summed E-state index contributed by atoms with van der Waals surface area (Å²) in [5.74, 6) is -0.169. The molecule has 6 heteroatoms. The number of carbonyl (C=O) groups is 1. The zero-order valence-electron chi connectivity index (χ0n) is 15.2. The zero-order chi connectivity index (χ0) is 18.5. The summed E-state index contributed by atoms with van der Waals surface area (Å²) < 4.78 is 1.46. The third-order valence-corrected chi connectivity index (χ3v) is 4.53. The number of aryl methyl sites for hydroxylation is 1. The molecule has 2 aromatic carbocycles. The van der Waals surface area contributed by atoms with E-state index < -0.39 is 0 Å². The maximum Gasteiger partial charge on any atom is 0.326 e. The van der Waals surface area contributed by atoms with Crippen LogP contribution >= 0.6 is 0 Å². The number of nitrogens with zero attached hydrogens (tertiary/aromatic N) is 2. The Balaban J connectivity index is 1.59. The molecule has 1 amide bonds. The Morgan fingerprint density at radius 1 is 1.15 bits per heavy atom. The Morgan fingerprint density at radius 2 is 1.88 bits per heavy atom. The Labute approximate surface area is 152 Å². The van der Waals surface area contributed by atoms with Gasteiger partial charge < -0.3 is 15.2 Å². The van der Waals surface area contributed by atoms with Gasteiger partial charge in [0.05, 0.1) is 11.0 Å². The number of amides is 1. The lowest BCUT2D eigenvalue weighted by Gasteiger charge is -2.25. The number of H-pyrrole nitrogens is 1. The lowest BCUT2D eigenvalue weighted by molar-refractivity contribution is -0.121. The number of rotatable bonds is 7. The second kappa shape index (κ2) is 7.91. The van der Waals surface area contributed by atoms with Crippen LogP contribution in [-0.4, -0.2) is 35.1 Å². The molecule has 2 N–H and O–H groups in total. The molecule has 0 aliphatic carbocycles. The number of hydrogen-bond acceptors (Lipinski definition) is 3. The first-order chi connectivity index (χ1) is 12.6. The third-order valence-electron chi connectivity index (χ3n) is 4.53. The van der Waals surface area contributed by atoms with E-state index in [0.29, 0.717) is 6.54 Å². The normalized spacial score (nSPS) is 10.8. The lowest BCUT2D eigenvalue weighted by Crippen LogP contribution is -2.37. The minimum Gasteiger partial charge on any atom is -0.370 e. The number of anilines is 1. The fourth-order valence-corrected chi connectivity index (χ4v) is 3.16. The average Bonchev–Trinajstić information content (AvgIpc) is 2.95. The van der Waals surface area contributed by atoms with Crippen LogP contribution in [0.2, 0.25) is 0 Å². The molecule has 1 heterocycles. The molecule has 0 fully saturated rings. The number of aromatic amines is 1. The van der Waals surface area contributed by atoms with E-state index in [1.165, 1.54) is 15.8 Å². The van der Waals surface area contributed by atoms with Crippen LogP contribution in [0.15, 0.2) is 53.3 Å². The molecule has 0 atom stereocenters. The van der Waals surface area contributed by atoms with Crippen molar-refractivity contribution in [2.45, 2.75) is 20.4 Å². The molecular weight excluding hydrogens is 328 g/mol. The Bertz CT molecular complexity index is 958. The summed E-state index contributed by atoms with van der Waals surface area (Å²) in [5.41, 5.74) is 3.60. The molecule has 0 aliphatic heterocycles. The van der Waals surface area contributed by atoms with Crippen molar-refractivity contribution in [1.82, 2.24) is 14.9 Å². The Morgan fingerprint density at radius 3 is 2.65 bits per heavy atom. The maximum absolute atomic E-state index is 12.3. The van der Waals surface area contributed by atoms with Crippen LogP contribution in [0.3, 0.4) is 0 Å². The van der Waals surface area contributed by atoms with Crippen molar-refractivity contribution < 1.29 is 4.79 Å². The molecule has 0 radical (unpaired) electrons. The van der Waals surface area contributed by atoms with Gasteiger partial charge in [-0.15, -0.1) is 0 Å². The summed E-state index contributed by atoms with van der Waals surface area (Å²) in [6, 6.07) is 15.6. The molecule has 0 aliphatic rings. The van der Waals surface area contributed by atoms with Crippen LogP contribution < -0.4 is 15.9 Å². The van der Waals surface area contributed by atoms with E-state index in [9.17, 15) is 9.59 Å². The summed E-state index contributed by atoms with van der Waals surface area (Å²) in [7, 11) is 0. The number of aromatic nitrogens is 2. The fourth-order valence-electron chi connectivity index (χ4n) is 3.16. The molecule has 6 nitrogen and oxygen atoms in total. The number of fused-ring (bicyclic) bond motifs is 1. The van der Waals surface area contributed by atoms with Gasteiger partial charge in [-0.1, -0.05) is 30.3 Å². The summed E-state index contributed by atoms with van der Waals surface area (Å²) in [5, 5.41) is 2.91. The molecule has 0 spiro atoms. The summed E-state index contributed by atoms with van der Waals surface area (Å²) in [6.45, 7) is 6.30. The molecule has 26 heavy (non-hydrogen) atoms. The van der Waals surface area contributed by atoms with E-state index in [2.05, 4.69) is 41.2 Å². The first-order valence-electron chi connectivity index (χ1n) is 8.85. The van der Waals surface area contributed by atoms with E-state index in [-0.39, 0.29) is 18.1 Å². The number of hydrogen-bond donors (Lipinski definition) is 2. The predicted octanol–water partition coefficient (Wildman–Crippen LogP) is 2.28. The van der Waals surface area contributed by atoms with Crippen LogP contribution in [0.4, 0.5) is 5.69 Å². The van der Waals surface area contributed by atoms with Crippen LogP contribution in [0.1, 0.15) is 12.5 Å². The van der Waals surface area contributed by atoms with Gasteiger partial charge in [-0.2, -0.15) is 0 Å². The van der Waals surface area contributed by atoms with Gasteiger partial charge in [-0.3, -0.25) is 9.36 Å². The van der Waals surface area contributed by atoms with Crippen LogP contribution in [0, 0.1) is 6.92 Å². The second-order valence-electron chi connectivity index (χ2n) is 6.25. The standard InChI is InChI=1S/C20H24N4O2/c1-3-23(17-10-6-4-8-15(17)2)13-12-21-19(25)14-24-18-11-7-5-9-16(18)22-20(24)26/h4-11H,3,12-14H2,1-2H3,(H,21,25)(H,22,26). The van der Waals surface area contributed by atoms with Gasteiger partial charge in [0, 0.05) is 25.3 Å². The van der Waals surface area contributed by atoms with E-state index in [0.717, 1.165) is 24.1 Å². The number of para-hydroxylation sites is 3. The molecule has 0 saturated heterocycles. The highest BCUT2D eigenvalue weighted by atomic mass is 16.2. The van der Waals surface area contributed by atoms with Crippen molar-refractivity contribution in [3.05, 3.63) is 64.6 Å². The van der Waals surface area contributed by atoms with Crippen molar-refractivity contribution in [2.75, 3.05) is 24.5 Å². The second-order valence-corrected chi connectivity index (χ2v) is 6.25. The van der Waals surface area contributed by atoms with E-state index in [4.69, 9.17) is 0 Å². The van der Waals surface area contributed by atoms with Gasteiger partial charge >= 0.3 is 5.69 Å². The van der Waals surface area contributed by atoms with E-state index in [1.54, 1.807) is 0 Å². The van der Waals surface area contributed by atoms with Gasteiger partial charge in [0.25, 0.3) is 0 Å². The summed E-state index contributed by atoms with van der Waals surface area (Å²) in [4.78, 5) is 29.3. The first-order valence-corrected chi connectivity index (χ1v) is 8.85.